The highest BCUT2D eigenvalue weighted by molar-refractivity contribution is 5.78. The van der Waals surface area contributed by atoms with Gasteiger partial charge in [0.05, 0.1) is 18.7 Å². The van der Waals surface area contributed by atoms with E-state index in [9.17, 15) is 4.79 Å². The highest BCUT2D eigenvalue weighted by Crippen LogP contribution is 2.15. The van der Waals surface area contributed by atoms with Gasteiger partial charge in [-0.1, -0.05) is 0 Å². The number of amides is 1. The second kappa shape index (κ2) is 5.72. The van der Waals surface area contributed by atoms with Crippen LogP contribution in [0.25, 0.3) is 0 Å². The summed E-state index contributed by atoms with van der Waals surface area (Å²) in [6.45, 7) is 3.95. The van der Waals surface area contributed by atoms with Gasteiger partial charge in [-0.2, -0.15) is 5.26 Å². The van der Waals surface area contributed by atoms with Crippen LogP contribution in [0.4, 0.5) is 0 Å². The molecule has 4 nitrogen and oxygen atoms in total. The van der Waals surface area contributed by atoms with Crippen molar-refractivity contribution < 1.29 is 4.79 Å². The van der Waals surface area contributed by atoms with Gasteiger partial charge in [0.15, 0.2) is 0 Å². The lowest BCUT2D eigenvalue weighted by Gasteiger charge is -2.31. The van der Waals surface area contributed by atoms with Gasteiger partial charge in [0.1, 0.15) is 0 Å². The fraction of sp³-hybridized carbons (Fsp3) is 0.818. The van der Waals surface area contributed by atoms with Crippen molar-refractivity contribution >= 4 is 5.91 Å². The quantitative estimate of drug-likeness (QED) is 0.692. The minimum atomic E-state index is -0.0621. The molecule has 1 rings (SSSR count). The van der Waals surface area contributed by atoms with Crippen molar-refractivity contribution in [2.75, 3.05) is 26.7 Å². The Hall–Kier alpha value is -1.08. The molecule has 1 heterocycles. The van der Waals surface area contributed by atoms with Crippen LogP contribution in [0.3, 0.4) is 0 Å². The maximum atomic E-state index is 11.7. The van der Waals surface area contributed by atoms with Gasteiger partial charge in [-0.25, -0.2) is 0 Å². The largest absolute Gasteiger partial charge is 0.345 e. The fourth-order valence-corrected chi connectivity index (χ4v) is 1.80. The van der Waals surface area contributed by atoms with E-state index in [-0.39, 0.29) is 11.9 Å². The number of carbonyl (C=O) groups excluding carboxylic acids is 1. The van der Waals surface area contributed by atoms with Gasteiger partial charge in [0.2, 0.25) is 5.91 Å². The molecule has 1 unspecified atom stereocenters. The average molecular weight is 209 g/mol. The lowest BCUT2D eigenvalue weighted by molar-refractivity contribution is -0.131. The minimum absolute atomic E-state index is 0.0621. The Balaban J connectivity index is 2.48. The number of piperidine rings is 1. The Morgan fingerprint density at radius 1 is 1.60 bits per heavy atom. The first-order valence-electron chi connectivity index (χ1n) is 5.56. The molecule has 0 radical (unpaired) electrons. The summed E-state index contributed by atoms with van der Waals surface area (Å²) in [5.41, 5.74) is 0. The standard InChI is InChI=1S/C11H19N3O/c1-3-13(2)11(15)9-14-7-5-4-6-10(14)8-12/h10H,3-7,9H2,1-2H3. The van der Waals surface area contributed by atoms with Crippen molar-refractivity contribution in [1.82, 2.24) is 9.80 Å². The molecule has 0 saturated carbocycles. The number of carbonyl (C=O) groups is 1. The van der Waals surface area contributed by atoms with E-state index in [2.05, 4.69) is 6.07 Å². The third-order valence-corrected chi connectivity index (χ3v) is 3.00. The van der Waals surface area contributed by atoms with Gasteiger partial charge in [0.25, 0.3) is 0 Å². The van der Waals surface area contributed by atoms with Gasteiger partial charge in [-0.05, 0) is 32.7 Å². The summed E-state index contributed by atoms with van der Waals surface area (Å²) in [6, 6.07) is 2.21. The van der Waals surface area contributed by atoms with Crippen LogP contribution in [-0.4, -0.2) is 48.4 Å². The van der Waals surface area contributed by atoms with Crippen molar-refractivity contribution in [3.63, 3.8) is 0 Å². The normalized spacial score (nSPS) is 22.1. The van der Waals surface area contributed by atoms with E-state index in [0.717, 1.165) is 32.4 Å². The van der Waals surface area contributed by atoms with Gasteiger partial charge >= 0.3 is 0 Å². The van der Waals surface area contributed by atoms with Crippen LogP contribution in [0.5, 0.6) is 0 Å². The average Bonchev–Trinajstić information content (AvgIpc) is 2.28. The molecule has 0 bridgehead atoms. The van der Waals surface area contributed by atoms with Gasteiger partial charge in [-0.3, -0.25) is 9.69 Å². The number of rotatable bonds is 3. The number of nitrogens with zero attached hydrogens (tertiary/aromatic N) is 3. The van der Waals surface area contributed by atoms with Crippen LogP contribution in [-0.2, 0) is 4.79 Å². The zero-order valence-corrected chi connectivity index (χ0v) is 9.57. The van der Waals surface area contributed by atoms with Crippen LogP contribution >= 0.6 is 0 Å². The number of likely N-dealkylation sites (tertiary alicyclic amines) is 1. The molecule has 0 aromatic rings. The Labute approximate surface area is 91.5 Å². The van der Waals surface area contributed by atoms with E-state index >= 15 is 0 Å². The predicted molar refractivity (Wildman–Crippen MR) is 58.1 cm³/mol. The molecule has 84 valence electrons. The molecule has 1 atom stereocenters. The van der Waals surface area contributed by atoms with Crippen LogP contribution in [0, 0.1) is 11.3 Å². The SMILES string of the molecule is CCN(C)C(=O)CN1CCCCC1C#N. The molecule has 15 heavy (non-hydrogen) atoms. The van der Waals surface area contributed by atoms with E-state index < -0.39 is 0 Å². The fourth-order valence-electron chi connectivity index (χ4n) is 1.80. The van der Waals surface area contributed by atoms with Crippen LogP contribution < -0.4 is 0 Å². The minimum Gasteiger partial charge on any atom is -0.345 e. The zero-order chi connectivity index (χ0) is 11.3. The highest BCUT2D eigenvalue weighted by atomic mass is 16.2. The van der Waals surface area contributed by atoms with E-state index in [4.69, 9.17) is 5.26 Å². The Morgan fingerprint density at radius 3 is 2.93 bits per heavy atom. The van der Waals surface area contributed by atoms with Crippen LogP contribution in [0.15, 0.2) is 0 Å². The summed E-state index contributed by atoms with van der Waals surface area (Å²) < 4.78 is 0. The van der Waals surface area contributed by atoms with Crippen molar-refractivity contribution in [3.8, 4) is 6.07 Å². The topological polar surface area (TPSA) is 47.3 Å². The molecule has 1 amide bonds. The smallest absolute Gasteiger partial charge is 0.236 e. The summed E-state index contributed by atoms with van der Waals surface area (Å²) in [5.74, 6) is 0.111. The zero-order valence-electron chi connectivity index (χ0n) is 9.57. The maximum Gasteiger partial charge on any atom is 0.236 e. The Morgan fingerprint density at radius 2 is 2.33 bits per heavy atom. The lowest BCUT2D eigenvalue weighted by atomic mass is 10.0. The molecule has 0 aliphatic carbocycles. The first kappa shape index (κ1) is 12.0. The molecule has 1 aliphatic rings. The third-order valence-electron chi connectivity index (χ3n) is 3.00. The molecular formula is C11H19N3O. The molecule has 1 fully saturated rings. The van der Waals surface area contributed by atoms with E-state index in [1.54, 1.807) is 11.9 Å². The molecule has 4 heteroatoms. The molecule has 0 spiro atoms. The van der Waals surface area contributed by atoms with Crippen molar-refractivity contribution in [3.05, 3.63) is 0 Å². The van der Waals surface area contributed by atoms with Crippen molar-refractivity contribution in [1.29, 1.82) is 5.26 Å². The third kappa shape index (κ3) is 3.21. The van der Waals surface area contributed by atoms with Gasteiger partial charge < -0.3 is 4.90 Å². The number of nitriles is 1. The van der Waals surface area contributed by atoms with Gasteiger partial charge in [0, 0.05) is 13.6 Å². The lowest BCUT2D eigenvalue weighted by Crippen LogP contribution is -2.45. The van der Waals surface area contributed by atoms with Gasteiger partial charge in [-0.15, -0.1) is 0 Å². The molecule has 1 saturated heterocycles. The number of likely N-dealkylation sites (N-methyl/N-ethyl adjacent to an activating group) is 1. The predicted octanol–water partition coefficient (Wildman–Crippen LogP) is 0.843. The highest BCUT2D eigenvalue weighted by Gasteiger charge is 2.24. The summed E-state index contributed by atoms with van der Waals surface area (Å²) in [6.07, 6.45) is 3.10. The van der Waals surface area contributed by atoms with Crippen molar-refractivity contribution in [2.24, 2.45) is 0 Å². The van der Waals surface area contributed by atoms with Crippen molar-refractivity contribution in [2.45, 2.75) is 32.2 Å². The first-order chi connectivity index (χ1) is 7.19. The van der Waals surface area contributed by atoms with E-state index in [0.29, 0.717) is 6.54 Å². The molecule has 0 N–H and O–H groups in total. The molecule has 0 aromatic carbocycles. The summed E-state index contributed by atoms with van der Waals surface area (Å²) in [7, 11) is 1.80. The van der Waals surface area contributed by atoms with Crippen LogP contribution in [0.1, 0.15) is 26.2 Å². The summed E-state index contributed by atoms with van der Waals surface area (Å²) in [5, 5.41) is 8.95. The van der Waals surface area contributed by atoms with E-state index in [1.807, 2.05) is 11.8 Å². The second-order valence-corrected chi connectivity index (χ2v) is 4.02. The monoisotopic (exact) mass is 209 g/mol. The van der Waals surface area contributed by atoms with E-state index in [1.165, 1.54) is 0 Å². The summed E-state index contributed by atoms with van der Waals surface area (Å²) >= 11 is 0. The first-order valence-corrected chi connectivity index (χ1v) is 5.56. The summed E-state index contributed by atoms with van der Waals surface area (Å²) in [4.78, 5) is 15.4. The number of hydrogen-bond acceptors (Lipinski definition) is 3. The molecular weight excluding hydrogens is 190 g/mol. The maximum absolute atomic E-state index is 11.7. The molecule has 0 aromatic heterocycles. The second-order valence-electron chi connectivity index (χ2n) is 4.02. The Kier molecular flexibility index (Phi) is 4.57. The van der Waals surface area contributed by atoms with Crippen LogP contribution in [0.2, 0.25) is 0 Å². The molecule has 1 aliphatic heterocycles. The number of hydrogen-bond donors (Lipinski definition) is 0. The Bertz CT molecular complexity index is 259.